The van der Waals surface area contributed by atoms with Crippen LogP contribution in [0.5, 0.6) is 0 Å². The third kappa shape index (κ3) is 51.1. The van der Waals surface area contributed by atoms with Crippen molar-refractivity contribution in [1.82, 2.24) is 5.32 Å². The first-order chi connectivity index (χ1) is 32.0. The summed E-state index contributed by atoms with van der Waals surface area (Å²) in [7, 11) is 0. The average molecular weight is 913 g/mol. The molecule has 0 aliphatic rings. The SMILES string of the molecule is CCCCCC/C=C\C/C=C\CCCCCCCC(=O)OCCCC/C=C\CCCCCCCC(=O)NC(CO)C(O)/C=C/CCCCCCCCCCCCCCCCCCCCC. The molecule has 0 aliphatic heterocycles. The number of carbonyl (C=O) groups excluding carboxylic acids is 2. The fourth-order valence-electron chi connectivity index (χ4n) is 8.42. The van der Waals surface area contributed by atoms with E-state index in [1.54, 1.807) is 6.08 Å². The molecule has 6 nitrogen and oxygen atoms in total. The number of hydrogen-bond acceptors (Lipinski definition) is 5. The van der Waals surface area contributed by atoms with Crippen LogP contribution in [0.25, 0.3) is 0 Å². The zero-order chi connectivity index (χ0) is 47.2. The molecule has 0 aromatic carbocycles. The summed E-state index contributed by atoms with van der Waals surface area (Å²) in [6.07, 6.45) is 68.4. The minimum absolute atomic E-state index is 0.0466. The van der Waals surface area contributed by atoms with Crippen LogP contribution in [0, 0.1) is 0 Å². The molecule has 0 saturated heterocycles. The summed E-state index contributed by atoms with van der Waals surface area (Å²) < 4.78 is 5.44. The number of hydrogen-bond donors (Lipinski definition) is 3. The van der Waals surface area contributed by atoms with Crippen molar-refractivity contribution in [3.63, 3.8) is 0 Å². The van der Waals surface area contributed by atoms with E-state index in [0.717, 1.165) is 96.3 Å². The largest absolute Gasteiger partial charge is 0.466 e. The van der Waals surface area contributed by atoms with Gasteiger partial charge in [0.1, 0.15) is 0 Å². The molecule has 0 rings (SSSR count). The zero-order valence-corrected chi connectivity index (χ0v) is 43.2. The predicted molar refractivity (Wildman–Crippen MR) is 282 cm³/mol. The van der Waals surface area contributed by atoms with Crippen LogP contribution in [0.4, 0.5) is 0 Å². The van der Waals surface area contributed by atoms with E-state index >= 15 is 0 Å². The molecule has 2 unspecified atom stereocenters. The quantitative estimate of drug-likeness (QED) is 0.0321. The Bertz CT molecular complexity index is 1100. The molecule has 1 amide bonds. The van der Waals surface area contributed by atoms with Crippen molar-refractivity contribution in [2.75, 3.05) is 13.2 Å². The summed E-state index contributed by atoms with van der Waals surface area (Å²) in [6, 6.07) is -0.652. The number of nitrogens with one attached hydrogen (secondary N) is 1. The maximum Gasteiger partial charge on any atom is 0.305 e. The second-order valence-corrected chi connectivity index (χ2v) is 19.3. The van der Waals surface area contributed by atoms with E-state index in [-0.39, 0.29) is 18.5 Å². The first kappa shape index (κ1) is 62.8. The monoisotopic (exact) mass is 912 g/mol. The number of rotatable bonds is 52. The summed E-state index contributed by atoms with van der Waals surface area (Å²) in [5.74, 6) is -0.144. The van der Waals surface area contributed by atoms with Gasteiger partial charge in [0, 0.05) is 12.8 Å². The molecule has 3 N–H and O–H groups in total. The zero-order valence-electron chi connectivity index (χ0n) is 43.2. The summed E-state index contributed by atoms with van der Waals surface area (Å²) in [6.45, 7) is 4.81. The summed E-state index contributed by atoms with van der Waals surface area (Å²) >= 11 is 0. The smallest absolute Gasteiger partial charge is 0.305 e. The number of carbonyl (C=O) groups is 2. The highest BCUT2D eigenvalue weighted by atomic mass is 16.5. The Morgan fingerprint density at radius 1 is 0.431 bits per heavy atom. The summed E-state index contributed by atoms with van der Waals surface area (Å²) in [5.41, 5.74) is 0. The number of esters is 1. The molecule has 65 heavy (non-hydrogen) atoms. The maximum absolute atomic E-state index is 12.5. The van der Waals surface area contributed by atoms with Gasteiger partial charge in [0.25, 0.3) is 0 Å². The Hall–Kier alpha value is -2.18. The van der Waals surface area contributed by atoms with Crippen LogP contribution in [0.15, 0.2) is 48.6 Å². The lowest BCUT2D eigenvalue weighted by atomic mass is 10.0. The lowest BCUT2D eigenvalue weighted by Crippen LogP contribution is -2.45. The van der Waals surface area contributed by atoms with E-state index in [2.05, 4.69) is 55.6 Å². The van der Waals surface area contributed by atoms with Gasteiger partial charge in [0.05, 0.1) is 25.4 Å². The first-order valence-electron chi connectivity index (χ1n) is 28.4. The Labute approximate surface area is 404 Å². The maximum atomic E-state index is 12.5. The van der Waals surface area contributed by atoms with Gasteiger partial charge >= 0.3 is 5.97 Å². The summed E-state index contributed by atoms with van der Waals surface area (Å²) in [4.78, 5) is 24.5. The molecule has 0 aromatic rings. The molecular weight excluding hydrogens is 803 g/mol. The minimum atomic E-state index is -0.865. The van der Waals surface area contributed by atoms with Gasteiger partial charge in [-0.3, -0.25) is 9.59 Å². The van der Waals surface area contributed by atoms with Crippen LogP contribution in [-0.4, -0.2) is 47.4 Å². The fourth-order valence-corrected chi connectivity index (χ4v) is 8.42. The van der Waals surface area contributed by atoms with Gasteiger partial charge in [0.15, 0.2) is 0 Å². The highest BCUT2D eigenvalue weighted by molar-refractivity contribution is 5.76. The minimum Gasteiger partial charge on any atom is -0.466 e. The van der Waals surface area contributed by atoms with Gasteiger partial charge in [-0.25, -0.2) is 0 Å². The third-order valence-corrected chi connectivity index (χ3v) is 12.8. The van der Waals surface area contributed by atoms with E-state index in [0.29, 0.717) is 19.4 Å². The molecule has 0 heterocycles. The van der Waals surface area contributed by atoms with Gasteiger partial charge in [0.2, 0.25) is 5.91 Å². The molecule has 0 aromatic heterocycles. The van der Waals surface area contributed by atoms with E-state index in [1.165, 1.54) is 167 Å². The summed E-state index contributed by atoms with van der Waals surface area (Å²) in [5, 5.41) is 23.1. The molecule has 0 bridgehead atoms. The Morgan fingerprint density at radius 2 is 0.769 bits per heavy atom. The van der Waals surface area contributed by atoms with Crippen molar-refractivity contribution in [3.05, 3.63) is 48.6 Å². The normalized spacial score (nSPS) is 13.0. The molecule has 6 heteroatoms. The van der Waals surface area contributed by atoms with Crippen LogP contribution < -0.4 is 5.32 Å². The molecule has 0 radical (unpaired) electrons. The second-order valence-electron chi connectivity index (χ2n) is 19.3. The Balaban J connectivity index is 3.56. The van der Waals surface area contributed by atoms with E-state index < -0.39 is 12.1 Å². The molecule has 0 saturated carbocycles. The van der Waals surface area contributed by atoms with Crippen LogP contribution in [0.1, 0.15) is 290 Å². The number of amides is 1. The first-order valence-corrected chi connectivity index (χ1v) is 28.4. The molecular formula is C59H109NO5. The number of allylic oxidation sites excluding steroid dienone is 7. The number of unbranched alkanes of at least 4 members (excludes halogenated alkanes) is 35. The van der Waals surface area contributed by atoms with Crippen molar-refractivity contribution < 1.29 is 24.5 Å². The molecule has 0 spiro atoms. The topological polar surface area (TPSA) is 95.9 Å². The van der Waals surface area contributed by atoms with Gasteiger partial charge < -0.3 is 20.3 Å². The van der Waals surface area contributed by atoms with E-state index in [1.807, 2.05) is 6.08 Å². The number of aliphatic hydroxyl groups is 2. The lowest BCUT2D eigenvalue weighted by molar-refractivity contribution is -0.143. The predicted octanol–water partition coefficient (Wildman–Crippen LogP) is 17.4. The van der Waals surface area contributed by atoms with Crippen molar-refractivity contribution in [2.24, 2.45) is 0 Å². The van der Waals surface area contributed by atoms with Crippen LogP contribution >= 0.6 is 0 Å². The molecule has 380 valence electrons. The average Bonchev–Trinajstić information content (AvgIpc) is 3.31. The van der Waals surface area contributed by atoms with Crippen molar-refractivity contribution in [3.8, 4) is 0 Å². The lowest BCUT2D eigenvalue weighted by Gasteiger charge is -2.20. The standard InChI is InChI=1S/C59H109NO5/c1-3-5-7-9-11-13-15-17-19-21-22-23-24-25-26-28-31-35-39-43-47-51-57(62)56(55-61)60-58(63)52-48-44-40-36-32-30-34-38-42-46-50-54-65-59(64)53-49-45-41-37-33-29-27-20-18-16-14-12-10-8-6-4-2/h14,16,20,27,34,38,47,51,56-57,61-62H,3-13,15,17-19,21-26,28-33,35-37,39-46,48-50,52-55H2,1-2H3,(H,60,63)/b16-14-,27-20-,38-34-,51-47+. The van der Waals surface area contributed by atoms with Gasteiger partial charge in [-0.15, -0.1) is 0 Å². The highest BCUT2D eigenvalue weighted by Gasteiger charge is 2.18. The number of aliphatic hydroxyl groups excluding tert-OH is 2. The van der Waals surface area contributed by atoms with Gasteiger partial charge in [-0.2, -0.15) is 0 Å². The fraction of sp³-hybridized carbons (Fsp3) is 0.831. The van der Waals surface area contributed by atoms with Gasteiger partial charge in [-0.05, 0) is 89.9 Å². The van der Waals surface area contributed by atoms with Gasteiger partial charge in [-0.1, -0.05) is 236 Å². The van der Waals surface area contributed by atoms with Crippen LogP contribution in [-0.2, 0) is 14.3 Å². The van der Waals surface area contributed by atoms with E-state index in [4.69, 9.17) is 4.74 Å². The van der Waals surface area contributed by atoms with Crippen molar-refractivity contribution in [1.29, 1.82) is 0 Å². The second kappa shape index (κ2) is 54.4. The van der Waals surface area contributed by atoms with Crippen molar-refractivity contribution in [2.45, 2.75) is 302 Å². The highest BCUT2D eigenvalue weighted by Crippen LogP contribution is 2.16. The number of ether oxygens (including phenoxy) is 1. The molecule has 0 aliphatic carbocycles. The van der Waals surface area contributed by atoms with Crippen molar-refractivity contribution >= 4 is 11.9 Å². The van der Waals surface area contributed by atoms with Crippen LogP contribution in [0.3, 0.4) is 0 Å². The molecule has 2 atom stereocenters. The Kier molecular flexibility index (Phi) is 52.6. The van der Waals surface area contributed by atoms with Crippen LogP contribution in [0.2, 0.25) is 0 Å². The van der Waals surface area contributed by atoms with E-state index in [9.17, 15) is 19.8 Å². The molecule has 0 fully saturated rings. The third-order valence-electron chi connectivity index (χ3n) is 12.8. The Morgan fingerprint density at radius 3 is 1.20 bits per heavy atom.